The molecule has 0 aromatic heterocycles. The number of aliphatic hydroxyl groups is 1. The van der Waals surface area contributed by atoms with Crippen LogP contribution in [0.4, 0.5) is 10.1 Å². The van der Waals surface area contributed by atoms with Gasteiger partial charge >= 0.3 is 0 Å². The van der Waals surface area contributed by atoms with Crippen LogP contribution in [0.3, 0.4) is 0 Å². The molecule has 3 nitrogen and oxygen atoms in total. The van der Waals surface area contributed by atoms with Gasteiger partial charge in [-0.1, -0.05) is 12.1 Å². The van der Waals surface area contributed by atoms with Gasteiger partial charge in [-0.15, -0.1) is 0 Å². The fraction of sp³-hybridized carbons (Fsp3) is 0.0769. The van der Waals surface area contributed by atoms with E-state index in [1.54, 1.807) is 24.3 Å². The van der Waals surface area contributed by atoms with Gasteiger partial charge in [0.25, 0.3) is 0 Å². The van der Waals surface area contributed by atoms with E-state index < -0.39 is 0 Å². The van der Waals surface area contributed by atoms with Gasteiger partial charge in [-0.25, -0.2) is 4.39 Å². The quantitative estimate of drug-likeness (QED) is 0.653. The first-order valence-electron chi connectivity index (χ1n) is 5.22. The molecule has 2 aromatic rings. The van der Waals surface area contributed by atoms with Gasteiger partial charge in [0.2, 0.25) is 0 Å². The Morgan fingerprint density at radius 3 is 2.78 bits per heavy atom. The number of halogens is 2. The molecule has 0 spiro atoms. The number of anilines is 1. The topological polar surface area (TPSA) is 55.5 Å². The van der Waals surface area contributed by atoms with Crippen LogP contribution in [-0.2, 0) is 6.61 Å². The molecule has 2 rings (SSSR count). The first-order valence-corrected chi connectivity index (χ1v) is 6.30. The van der Waals surface area contributed by atoms with Gasteiger partial charge in [-0.05, 0) is 46.4 Å². The van der Waals surface area contributed by atoms with Gasteiger partial charge in [0.15, 0.2) is 5.75 Å². The Bertz CT molecular complexity index is 575. The lowest BCUT2D eigenvalue weighted by atomic mass is 10.2. The molecular weight excluding hydrogens is 348 g/mol. The van der Waals surface area contributed by atoms with Crippen LogP contribution < -0.4 is 10.5 Å². The van der Waals surface area contributed by atoms with Gasteiger partial charge in [-0.2, -0.15) is 0 Å². The Hall–Kier alpha value is -1.34. The molecular formula is C13H11FINO2. The maximum absolute atomic E-state index is 13.4. The molecule has 0 aliphatic rings. The Labute approximate surface area is 118 Å². The summed E-state index contributed by atoms with van der Waals surface area (Å²) in [5.41, 5.74) is 6.85. The van der Waals surface area contributed by atoms with Crippen molar-refractivity contribution < 1.29 is 14.2 Å². The van der Waals surface area contributed by atoms with Crippen molar-refractivity contribution in [2.75, 3.05) is 5.73 Å². The fourth-order valence-electron chi connectivity index (χ4n) is 1.47. The molecule has 0 atom stereocenters. The molecule has 0 heterocycles. The summed E-state index contributed by atoms with van der Waals surface area (Å²) in [5, 5.41) is 9.02. The SMILES string of the molecule is Nc1cc(I)c(F)cc1Oc1cccc(CO)c1. The van der Waals surface area contributed by atoms with E-state index >= 15 is 0 Å². The maximum atomic E-state index is 13.4. The number of rotatable bonds is 3. The van der Waals surface area contributed by atoms with Crippen LogP contribution in [0.15, 0.2) is 36.4 Å². The molecule has 0 fully saturated rings. The van der Waals surface area contributed by atoms with Gasteiger partial charge in [0.05, 0.1) is 15.9 Å². The lowest BCUT2D eigenvalue weighted by Crippen LogP contribution is -1.95. The highest BCUT2D eigenvalue weighted by Crippen LogP contribution is 2.30. The van der Waals surface area contributed by atoms with E-state index in [-0.39, 0.29) is 18.2 Å². The minimum atomic E-state index is -0.377. The smallest absolute Gasteiger partial charge is 0.153 e. The fourth-order valence-corrected chi connectivity index (χ4v) is 1.96. The van der Waals surface area contributed by atoms with Gasteiger partial charge in [0.1, 0.15) is 11.6 Å². The Morgan fingerprint density at radius 2 is 2.06 bits per heavy atom. The molecule has 0 unspecified atom stereocenters. The van der Waals surface area contributed by atoms with Crippen LogP contribution in [0.25, 0.3) is 0 Å². The average molecular weight is 359 g/mol. The van der Waals surface area contributed by atoms with Crippen molar-refractivity contribution >= 4 is 28.3 Å². The van der Waals surface area contributed by atoms with Crippen molar-refractivity contribution in [2.45, 2.75) is 6.61 Å². The second kappa shape index (κ2) is 5.53. The molecule has 0 aliphatic carbocycles. The van der Waals surface area contributed by atoms with Crippen molar-refractivity contribution in [1.29, 1.82) is 0 Å². The third-order valence-electron chi connectivity index (χ3n) is 2.36. The zero-order valence-corrected chi connectivity index (χ0v) is 11.5. The minimum Gasteiger partial charge on any atom is -0.455 e. The van der Waals surface area contributed by atoms with E-state index in [0.29, 0.717) is 15.0 Å². The van der Waals surface area contributed by atoms with Crippen molar-refractivity contribution in [3.63, 3.8) is 0 Å². The summed E-state index contributed by atoms with van der Waals surface area (Å²) in [4.78, 5) is 0. The molecule has 94 valence electrons. The zero-order valence-electron chi connectivity index (χ0n) is 9.36. The van der Waals surface area contributed by atoms with Crippen molar-refractivity contribution in [3.05, 3.63) is 51.3 Å². The average Bonchev–Trinajstić information content (AvgIpc) is 2.36. The van der Waals surface area contributed by atoms with Gasteiger partial charge in [-0.3, -0.25) is 0 Å². The summed E-state index contributed by atoms with van der Waals surface area (Å²) in [6, 6.07) is 9.68. The maximum Gasteiger partial charge on any atom is 0.153 e. The van der Waals surface area contributed by atoms with E-state index in [1.807, 2.05) is 22.6 Å². The van der Waals surface area contributed by atoms with E-state index in [4.69, 9.17) is 15.6 Å². The highest BCUT2D eigenvalue weighted by atomic mass is 127. The van der Waals surface area contributed by atoms with Crippen molar-refractivity contribution in [1.82, 2.24) is 0 Å². The molecule has 0 amide bonds. The third-order valence-corrected chi connectivity index (χ3v) is 3.19. The number of benzene rings is 2. The molecule has 0 radical (unpaired) electrons. The van der Waals surface area contributed by atoms with Gasteiger partial charge < -0.3 is 15.6 Å². The number of hydrogen-bond acceptors (Lipinski definition) is 3. The second-order valence-corrected chi connectivity index (χ2v) is 4.87. The molecule has 3 N–H and O–H groups in total. The molecule has 5 heteroatoms. The molecule has 0 saturated heterocycles. The molecule has 2 aromatic carbocycles. The summed E-state index contributed by atoms with van der Waals surface area (Å²) >= 11 is 1.87. The zero-order chi connectivity index (χ0) is 13.1. The highest BCUT2D eigenvalue weighted by Gasteiger charge is 2.08. The summed E-state index contributed by atoms with van der Waals surface area (Å²) in [6.45, 7) is -0.0757. The standard InChI is InChI=1S/C13H11FINO2/c14-10-5-13(12(16)6-11(10)15)18-9-3-1-2-8(4-9)7-17/h1-6,17H,7,16H2. The number of nitrogen functional groups attached to an aromatic ring is 1. The van der Waals surface area contributed by atoms with Crippen LogP contribution in [0.5, 0.6) is 11.5 Å². The monoisotopic (exact) mass is 359 g/mol. The second-order valence-electron chi connectivity index (χ2n) is 3.71. The molecule has 0 bridgehead atoms. The molecule has 18 heavy (non-hydrogen) atoms. The predicted molar refractivity (Wildman–Crippen MR) is 76.0 cm³/mol. The van der Waals surface area contributed by atoms with E-state index in [9.17, 15) is 4.39 Å². The number of aliphatic hydroxyl groups excluding tert-OH is 1. The van der Waals surface area contributed by atoms with Crippen LogP contribution in [-0.4, -0.2) is 5.11 Å². The predicted octanol–water partition coefficient (Wildman–Crippen LogP) is 3.30. The summed E-state index contributed by atoms with van der Waals surface area (Å²) in [6.07, 6.45) is 0. The van der Waals surface area contributed by atoms with E-state index in [0.717, 1.165) is 5.56 Å². The lowest BCUT2D eigenvalue weighted by molar-refractivity contribution is 0.281. The van der Waals surface area contributed by atoms with Crippen LogP contribution >= 0.6 is 22.6 Å². The first-order chi connectivity index (χ1) is 8.60. The van der Waals surface area contributed by atoms with Crippen LogP contribution in [0.2, 0.25) is 0 Å². The largest absolute Gasteiger partial charge is 0.455 e. The van der Waals surface area contributed by atoms with Crippen LogP contribution in [0, 0.1) is 9.39 Å². The molecule has 0 aliphatic heterocycles. The Morgan fingerprint density at radius 1 is 1.28 bits per heavy atom. The van der Waals surface area contributed by atoms with Crippen LogP contribution in [0.1, 0.15) is 5.56 Å². The van der Waals surface area contributed by atoms with E-state index in [2.05, 4.69) is 0 Å². The number of nitrogens with two attached hydrogens (primary N) is 1. The Kier molecular flexibility index (Phi) is 4.03. The molecule has 0 saturated carbocycles. The van der Waals surface area contributed by atoms with Crippen molar-refractivity contribution in [3.8, 4) is 11.5 Å². The number of hydrogen-bond donors (Lipinski definition) is 2. The third kappa shape index (κ3) is 2.91. The highest BCUT2D eigenvalue weighted by molar-refractivity contribution is 14.1. The first kappa shape index (κ1) is 13.1. The van der Waals surface area contributed by atoms with Crippen molar-refractivity contribution in [2.24, 2.45) is 0 Å². The normalized spacial score (nSPS) is 10.4. The summed E-state index contributed by atoms with van der Waals surface area (Å²) in [7, 11) is 0. The lowest BCUT2D eigenvalue weighted by Gasteiger charge is -2.10. The Balaban J connectivity index is 2.30. The summed E-state index contributed by atoms with van der Waals surface area (Å²) in [5.74, 6) is 0.398. The number of ether oxygens (including phenoxy) is 1. The summed E-state index contributed by atoms with van der Waals surface area (Å²) < 4.78 is 19.4. The van der Waals surface area contributed by atoms with E-state index in [1.165, 1.54) is 12.1 Å². The minimum absolute atomic E-state index is 0.0757. The van der Waals surface area contributed by atoms with Gasteiger partial charge in [0, 0.05) is 6.07 Å².